The molecular formula is C38H47N5O3S. The first-order valence-corrected chi connectivity index (χ1v) is 18.1. The van der Waals surface area contributed by atoms with Crippen molar-refractivity contribution in [2.45, 2.75) is 103 Å². The van der Waals surface area contributed by atoms with E-state index in [4.69, 9.17) is 5.10 Å². The Morgan fingerprint density at radius 2 is 1.43 bits per heavy atom. The number of aryl methyl sites for hydroxylation is 4. The van der Waals surface area contributed by atoms with Crippen molar-refractivity contribution in [1.29, 1.82) is 0 Å². The van der Waals surface area contributed by atoms with E-state index >= 15 is 0 Å². The highest BCUT2D eigenvalue weighted by Gasteiger charge is 2.47. The third-order valence-electron chi connectivity index (χ3n) is 9.64. The van der Waals surface area contributed by atoms with E-state index in [1.807, 2.05) is 86.6 Å². The number of nitrogens with zero attached hydrogens (tertiary/aromatic N) is 3. The average molecular weight is 654 g/mol. The predicted molar refractivity (Wildman–Crippen MR) is 189 cm³/mol. The third kappa shape index (κ3) is 6.87. The van der Waals surface area contributed by atoms with Gasteiger partial charge in [0.05, 0.1) is 16.3 Å². The van der Waals surface area contributed by atoms with Crippen LogP contribution in [0.25, 0.3) is 5.69 Å². The Morgan fingerprint density at radius 1 is 0.830 bits per heavy atom. The summed E-state index contributed by atoms with van der Waals surface area (Å²) in [5.41, 5.74) is 7.38. The summed E-state index contributed by atoms with van der Waals surface area (Å²) in [6.45, 7) is 14.2. The molecule has 6 rings (SSSR count). The number of rotatable bonds is 7. The lowest BCUT2D eigenvalue weighted by Crippen LogP contribution is -2.47. The Morgan fingerprint density at radius 3 is 2.00 bits per heavy atom. The van der Waals surface area contributed by atoms with Crippen LogP contribution in [0.2, 0.25) is 0 Å². The van der Waals surface area contributed by atoms with Crippen molar-refractivity contribution in [2.24, 2.45) is 5.92 Å². The van der Waals surface area contributed by atoms with E-state index in [9.17, 15) is 13.2 Å². The molecule has 1 aromatic heterocycles. The molecule has 0 saturated carbocycles. The molecule has 248 valence electrons. The molecule has 0 aliphatic carbocycles. The normalized spacial score (nSPS) is 19.9. The van der Waals surface area contributed by atoms with E-state index in [-0.39, 0.29) is 23.5 Å². The molecule has 0 radical (unpaired) electrons. The van der Waals surface area contributed by atoms with Crippen LogP contribution >= 0.6 is 0 Å². The summed E-state index contributed by atoms with van der Waals surface area (Å²) in [4.78, 5) is 13.6. The zero-order chi connectivity index (χ0) is 33.7. The maximum absolute atomic E-state index is 13.9. The topological polar surface area (TPSA) is 96.3 Å². The Kier molecular flexibility index (Phi) is 8.82. The number of hydrogen-bond donors (Lipinski definition) is 2. The summed E-state index contributed by atoms with van der Waals surface area (Å²) in [5.74, 6) is 1.02. The van der Waals surface area contributed by atoms with Crippen molar-refractivity contribution >= 4 is 27.6 Å². The number of carbonyl (C=O) groups is 1. The van der Waals surface area contributed by atoms with Crippen LogP contribution < -0.4 is 10.6 Å². The standard InChI is InChI=1S/C38H47N5O3S/c1-24-8-14-31(15-9-24)42-35(23-34(41-42)38(5,6)7)40-37(44)39-30-12-10-28(11-13-30)20-29-21-32-16-17-33(22-29)43(32)47(45,46)36-26(3)18-25(2)19-27(36)4/h8-15,18-19,23,29,32-33H,16-17,20-22H2,1-7H3,(H2,39,40,44). The minimum Gasteiger partial charge on any atom is -0.308 e. The van der Waals surface area contributed by atoms with Crippen molar-refractivity contribution in [3.05, 3.63) is 100 Å². The van der Waals surface area contributed by atoms with Crippen LogP contribution in [0.3, 0.4) is 0 Å². The SMILES string of the molecule is Cc1ccc(-n2nc(C(C)(C)C)cc2NC(=O)Nc2ccc(CC3CC4CCC(C3)N4S(=O)(=O)c3c(C)cc(C)cc3C)cc2)cc1. The fourth-order valence-corrected chi connectivity index (χ4v) is 9.85. The van der Waals surface area contributed by atoms with Gasteiger partial charge in [0, 0.05) is 29.3 Å². The van der Waals surface area contributed by atoms with Gasteiger partial charge in [0.2, 0.25) is 10.0 Å². The second kappa shape index (κ2) is 12.6. The van der Waals surface area contributed by atoms with Gasteiger partial charge in [-0.25, -0.2) is 17.9 Å². The number of aromatic nitrogens is 2. The zero-order valence-electron chi connectivity index (χ0n) is 28.6. The molecule has 2 N–H and O–H groups in total. The van der Waals surface area contributed by atoms with E-state index in [1.54, 1.807) is 4.68 Å². The van der Waals surface area contributed by atoms with Gasteiger partial charge in [-0.05, 0) is 107 Å². The Labute approximate surface area is 279 Å². The van der Waals surface area contributed by atoms with E-state index < -0.39 is 10.0 Å². The number of sulfonamides is 1. The Hall–Kier alpha value is -3.95. The fraction of sp³-hybridized carbons (Fsp3) is 0.421. The predicted octanol–water partition coefficient (Wildman–Crippen LogP) is 8.22. The molecule has 47 heavy (non-hydrogen) atoms. The number of nitrogens with one attached hydrogen (secondary N) is 2. The zero-order valence-corrected chi connectivity index (χ0v) is 29.4. The number of amides is 2. The molecule has 0 spiro atoms. The maximum Gasteiger partial charge on any atom is 0.324 e. The maximum atomic E-state index is 13.9. The smallest absolute Gasteiger partial charge is 0.308 e. The van der Waals surface area contributed by atoms with E-state index in [0.717, 1.165) is 65.7 Å². The lowest BCUT2D eigenvalue weighted by atomic mass is 9.87. The van der Waals surface area contributed by atoms with Crippen molar-refractivity contribution < 1.29 is 13.2 Å². The number of fused-ring (bicyclic) bond motifs is 2. The second-order valence-electron chi connectivity index (χ2n) is 14.7. The minimum atomic E-state index is -3.56. The van der Waals surface area contributed by atoms with Gasteiger partial charge in [0.25, 0.3) is 0 Å². The molecular weight excluding hydrogens is 607 g/mol. The molecule has 3 aromatic carbocycles. The number of hydrogen-bond acceptors (Lipinski definition) is 4. The number of anilines is 2. The molecule has 2 saturated heterocycles. The first kappa shape index (κ1) is 33.0. The van der Waals surface area contributed by atoms with Gasteiger partial charge in [-0.2, -0.15) is 9.40 Å². The number of urea groups is 1. The quantitative estimate of drug-likeness (QED) is 0.210. The molecule has 2 fully saturated rings. The Bertz CT molecular complexity index is 1850. The molecule has 2 aliphatic rings. The molecule has 8 nitrogen and oxygen atoms in total. The van der Waals surface area contributed by atoms with Crippen LogP contribution in [-0.2, 0) is 21.9 Å². The number of carbonyl (C=O) groups excluding carboxylic acids is 1. The highest BCUT2D eigenvalue weighted by Crippen LogP contribution is 2.44. The van der Waals surface area contributed by atoms with Crippen LogP contribution in [0.4, 0.5) is 16.3 Å². The van der Waals surface area contributed by atoms with Crippen molar-refractivity contribution in [1.82, 2.24) is 14.1 Å². The van der Waals surface area contributed by atoms with Crippen LogP contribution in [-0.4, -0.2) is 40.6 Å². The van der Waals surface area contributed by atoms with Gasteiger partial charge < -0.3 is 5.32 Å². The van der Waals surface area contributed by atoms with Gasteiger partial charge in [0.1, 0.15) is 5.82 Å². The summed E-state index contributed by atoms with van der Waals surface area (Å²) in [6, 6.07) is 21.7. The van der Waals surface area contributed by atoms with Crippen LogP contribution in [0.15, 0.2) is 71.6 Å². The second-order valence-corrected chi connectivity index (χ2v) is 16.5. The van der Waals surface area contributed by atoms with Gasteiger partial charge >= 0.3 is 6.03 Å². The molecule has 2 amide bonds. The first-order chi connectivity index (χ1) is 22.2. The van der Waals surface area contributed by atoms with Gasteiger partial charge in [-0.3, -0.25) is 5.32 Å². The van der Waals surface area contributed by atoms with E-state index in [1.165, 1.54) is 5.56 Å². The average Bonchev–Trinajstić information content (AvgIpc) is 3.53. The van der Waals surface area contributed by atoms with Crippen molar-refractivity contribution in [3.8, 4) is 5.69 Å². The summed E-state index contributed by atoms with van der Waals surface area (Å²) in [7, 11) is -3.56. The van der Waals surface area contributed by atoms with E-state index in [2.05, 4.69) is 43.5 Å². The largest absolute Gasteiger partial charge is 0.324 e. The molecule has 4 aromatic rings. The minimum absolute atomic E-state index is 0.0423. The summed E-state index contributed by atoms with van der Waals surface area (Å²) < 4.78 is 31.5. The molecule has 2 atom stereocenters. The third-order valence-corrected chi connectivity index (χ3v) is 11.9. The van der Waals surface area contributed by atoms with Crippen LogP contribution in [0.1, 0.15) is 80.0 Å². The molecule has 3 heterocycles. The van der Waals surface area contributed by atoms with Gasteiger partial charge in [0.15, 0.2) is 0 Å². The fourth-order valence-electron chi connectivity index (χ4n) is 7.54. The summed E-state index contributed by atoms with van der Waals surface area (Å²) in [6.07, 6.45) is 4.46. The van der Waals surface area contributed by atoms with Gasteiger partial charge in [-0.1, -0.05) is 68.3 Å². The number of piperidine rings is 1. The number of benzene rings is 3. The first-order valence-electron chi connectivity index (χ1n) is 16.6. The molecule has 2 aliphatic heterocycles. The summed E-state index contributed by atoms with van der Waals surface area (Å²) in [5, 5.41) is 10.8. The lowest BCUT2D eigenvalue weighted by Gasteiger charge is -2.38. The van der Waals surface area contributed by atoms with Crippen LogP contribution in [0.5, 0.6) is 0 Å². The molecule has 2 bridgehead atoms. The molecule has 2 unspecified atom stereocenters. The summed E-state index contributed by atoms with van der Waals surface area (Å²) >= 11 is 0. The van der Waals surface area contributed by atoms with Crippen molar-refractivity contribution in [3.63, 3.8) is 0 Å². The van der Waals surface area contributed by atoms with Gasteiger partial charge in [-0.15, -0.1) is 0 Å². The highest BCUT2D eigenvalue weighted by atomic mass is 32.2. The Balaban J connectivity index is 1.09. The van der Waals surface area contributed by atoms with Crippen LogP contribution in [0, 0.1) is 33.6 Å². The highest BCUT2D eigenvalue weighted by molar-refractivity contribution is 7.89. The molecule has 9 heteroatoms. The van der Waals surface area contributed by atoms with Crippen molar-refractivity contribution in [2.75, 3.05) is 10.6 Å². The lowest BCUT2D eigenvalue weighted by molar-refractivity contribution is 0.190. The van der Waals surface area contributed by atoms with E-state index in [0.29, 0.717) is 22.3 Å². The monoisotopic (exact) mass is 653 g/mol.